The smallest absolute Gasteiger partial charge is 0.415 e. The van der Waals surface area contributed by atoms with E-state index in [-0.39, 0.29) is 19.0 Å². The van der Waals surface area contributed by atoms with Crippen LogP contribution in [0.1, 0.15) is 17.0 Å². The lowest BCUT2D eigenvalue weighted by Crippen LogP contribution is -2.32. The van der Waals surface area contributed by atoms with E-state index in [4.69, 9.17) is 25.5 Å². The summed E-state index contributed by atoms with van der Waals surface area (Å²) in [6.45, 7) is 2.68. The van der Waals surface area contributed by atoms with Crippen molar-refractivity contribution in [3.63, 3.8) is 0 Å². The molecule has 1 aliphatic rings. The molecule has 0 saturated carbocycles. The Kier molecular flexibility index (Phi) is 8.36. The summed E-state index contributed by atoms with van der Waals surface area (Å²) in [5, 5.41) is 10.4. The molecule has 2 heterocycles. The highest BCUT2D eigenvalue weighted by atomic mass is 35.5. The third-order valence-corrected chi connectivity index (χ3v) is 7.20. The van der Waals surface area contributed by atoms with Gasteiger partial charge in [0.05, 0.1) is 18.2 Å². The van der Waals surface area contributed by atoms with Crippen LogP contribution in [0, 0.1) is 18.8 Å². The van der Waals surface area contributed by atoms with Crippen LogP contribution < -0.4 is 9.47 Å². The Morgan fingerprint density at radius 2 is 1.80 bits per heavy atom. The first-order valence-electron chi connectivity index (χ1n) is 13.0. The first-order valence-corrected chi connectivity index (χ1v) is 13.4. The molecule has 40 heavy (non-hydrogen) atoms. The number of aryl methyl sites for hydroxylation is 1. The van der Waals surface area contributed by atoms with E-state index >= 15 is 0 Å². The molecule has 0 spiro atoms. The number of carbonyl (C=O) groups excluding carboxylic acids is 1. The van der Waals surface area contributed by atoms with Crippen molar-refractivity contribution in [2.75, 3.05) is 19.7 Å². The van der Waals surface area contributed by atoms with Crippen molar-refractivity contribution in [2.24, 2.45) is 11.8 Å². The highest BCUT2D eigenvalue weighted by Crippen LogP contribution is 2.30. The lowest BCUT2D eigenvalue weighted by Gasteiger charge is -2.16. The molecule has 1 amide bonds. The van der Waals surface area contributed by atoms with E-state index in [1.54, 1.807) is 24.3 Å². The summed E-state index contributed by atoms with van der Waals surface area (Å²) in [6, 6.07) is 23.8. The molecule has 206 valence electrons. The van der Waals surface area contributed by atoms with Crippen LogP contribution in [-0.4, -0.2) is 46.7 Å². The van der Waals surface area contributed by atoms with E-state index in [2.05, 4.69) is 4.98 Å². The van der Waals surface area contributed by atoms with Gasteiger partial charge in [-0.25, -0.2) is 9.78 Å². The minimum atomic E-state index is -0.933. The van der Waals surface area contributed by atoms with Crippen molar-refractivity contribution in [3.8, 4) is 23.0 Å². The number of amides is 1. The van der Waals surface area contributed by atoms with Gasteiger partial charge in [0.25, 0.3) is 0 Å². The van der Waals surface area contributed by atoms with Gasteiger partial charge in [0.1, 0.15) is 17.3 Å². The molecule has 0 unspecified atom stereocenters. The minimum Gasteiger partial charge on any atom is -0.493 e. The number of carboxylic acid groups (broad SMARTS) is 1. The Labute approximate surface area is 237 Å². The van der Waals surface area contributed by atoms with Gasteiger partial charge in [-0.1, -0.05) is 41.9 Å². The molecule has 4 aromatic rings. The summed E-state index contributed by atoms with van der Waals surface area (Å²) >= 11 is 5.89. The summed E-state index contributed by atoms with van der Waals surface area (Å²) < 4.78 is 17.3. The Bertz CT molecular complexity index is 1470. The predicted octanol–water partition coefficient (Wildman–Crippen LogP) is 6.30. The zero-order chi connectivity index (χ0) is 28.1. The van der Waals surface area contributed by atoms with Gasteiger partial charge in [-0.05, 0) is 73.4 Å². The number of benzene rings is 3. The SMILES string of the molecule is Cc1oc(-c2ccccc2)nc1CCOc1cccc(C[C@@H]2CN(C(=O)Oc3ccc(Cl)cc3)C[C@@H]2C(=O)O)c1. The van der Waals surface area contributed by atoms with Crippen molar-refractivity contribution in [2.45, 2.75) is 19.8 Å². The minimum absolute atomic E-state index is 0.0879. The number of halogens is 1. The van der Waals surface area contributed by atoms with Crippen LogP contribution in [0.2, 0.25) is 5.02 Å². The van der Waals surface area contributed by atoms with Crippen molar-refractivity contribution < 1.29 is 28.6 Å². The average Bonchev–Trinajstić information content (AvgIpc) is 3.54. The maximum atomic E-state index is 12.7. The number of nitrogens with zero attached hydrogens (tertiary/aromatic N) is 2. The third-order valence-electron chi connectivity index (χ3n) is 6.95. The lowest BCUT2D eigenvalue weighted by molar-refractivity contribution is -0.142. The molecule has 0 radical (unpaired) electrons. The summed E-state index contributed by atoms with van der Waals surface area (Å²) in [6.07, 6.45) is 0.495. The highest BCUT2D eigenvalue weighted by molar-refractivity contribution is 6.30. The molecule has 1 fully saturated rings. The summed E-state index contributed by atoms with van der Waals surface area (Å²) in [5.74, 6) is 0.493. The first kappa shape index (κ1) is 27.3. The Morgan fingerprint density at radius 3 is 2.55 bits per heavy atom. The quantitative estimate of drug-likeness (QED) is 0.256. The predicted molar refractivity (Wildman–Crippen MR) is 150 cm³/mol. The van der Waals surface area contributed by atoms with Crippen molar-refractivity contribution in [3.05, 3.63) is 101 Å². The second kappa shape index (κ2) is 12.3. The molecule has 3 aromatic carbocycles. The molecular weight excluding hydrogens is 532 g/mol. The van der Waals surface area contributed by atoms with E-state index in [1.807, 2.05) is 61.5 Å². The number of rotatable bonds is 9. The second-order valence-electron chi connectivity index (χ2n) is 9.77. The fourth-order valence-electron chi connectivity index (χ4n) is 4.87. The zero-order valence-corrected chi connectivity index (χ0v) is 22.7. The normalized spacial score (nSPS) is 16.6. The maximum Gasteiger partial charge on any atom is 0.415 e. The number of oxazole rings is 1. The van der Waals surface area contributed by atoms with E-state index in [0.717, 1.165) is 22.6 Å². The summed E-state index contributed by atoms with van der Waals surface area (Å²) in [4.78, 5) is 30.8. The molecular formula is C31H29ClN2O6. The van der Waals surface area contributed by atoms with Gasteiger partial charge < -0.3 is 23.9 Å². The third kappa shape index (κ3) is 6.63. The van der Waals surface area contributed by atoms with Crippen LogP contribution >= 0.6 is 11.6 Å². The Morgan fingerprint density at radius 1 is 1.02 bits per heavy atom. The largest absolute Gasteiger partial charge is 0.493 e. The van der Waals surface area contributed by atoms with Crippen LogP contribution in [0.5, 0.6) is 11.5 Å². The molecule has 1 aliphatic heterocycles. The maximum absolute atomic E-state index is 12.7. The molecule has 1 aromatic heterocycles. The van der Waals surface area contributed by atoms with E-state index in [9.17, 15) is 14.7 Å². The number of likely N-dealkylation sites (tertiary alicyclic amines) is 1. The van der Waals surface area contributed by atoms with Crippen LogP contribution in [0.4, 0.5) is 4.79 Å². The summed E-state index contributed by atoms with van der Waals surface area (Å²) in [5.41, 5.74) is 2.70. The zero-order valence-electron chi connectivity index (χ0n) is 22.0. The number of hydrogen-bond donors (Lipinski definition) is 1. The van der Waals surface area contributed by atoms with E-state index in [1.165, 1.54) is 4.90 Å². The van der Waals surface area contributed by atoms with E-state index in [0.29, 0.717) is 41.9 Å². The topological polar surface area (TPSA) is 102 Å². The summed E-state index contributed by atoms with van der Waals surface area (Å²) in [7, 11) is 0. The number of aromatic nitrogens is 1. The lowest BCUT2D eigenvalue weighted by atomic mass is 9.90. The standard InChI is InChI=1S/C31H29ClN2O6/c1-20-28(33-29(39-20)22-7-3-2-4-8-22)14-15-38-26-9-5-6-21(17-26)16-23-18-34(19-27(23)30(35)36)31(37)40-25-12-10-24(32)11-13-25/h2-13,17,23,27H,14-16,18-19H2,1H3,(H,35,36)/t23-,27+/m1/s1. The monoisotopic (exact) mass is 560 g/mol. The number of carboxylic acids is 1. The number of hydrogen-bond acceptors (Lipinski definition) is 6. The average molecular weight is 561 g/mol. The molecule has 0 aliphatic carbocycles. The molecule has 9 heteroatoms. The van der Waals surface area contributed by atoms with Crippen molar-refractivity contribution in [1.29, 1.82) is 0 Å². The Balaban J connectivity index is 1.18. The van der Waals surface area contributed by atoms with E-state index < -0.39 is 18.0 Å². The fraction of sp³-hybridized carbons (Fsp3) is 0.258. The molecule has 1 N–H and O–H groups in total. The van der Waals surface area contributed by atoms with Crippen molar-refractivity contribution >= 4 is 23.7 Å². The van der Waals surface area contributed by atoms with Gasteiger partial charge >= 0.3 is 12.1 Å². The van der Waals surface area contributed by atoms with Crippen LogP contribution in [-0.2, 0) is 17.6 Å². The van der Waals surface area contributed by atoms with Gasteiger partial charge in [-0.2, -0.15) is 0 Å². The number of carbonyl (C=O) groups is 2. The van der Waals surface area contributed by atoms with Gasteiger partial charge in [0, 0.05) is 30.1 Å². The Hall–Kier alpha value is -4.30. The van der Waals surface area contributed by atoms with Gasteiger partial charge in [0.2, 0.25) is 5.89 Å². The van der Waals surface area contributed by atoms with Gasteiger partial charge in [-0.15, -0.1) is 0 Å². The number of aliphatic carboxylic acids is 1. The first-order chi connectivity index (χ1) is 19.4. The molecule has 2 atom stereocenters. The van der Waals surface area contributed by atoms with Crippen LogP contribution in [0.15, 0.2) is 83.3 Å². The molecule has 5 rings (SSSR count). The second-order valence-corrected chi connectivity index (χ2v) is 10.2. The van der Waals surface area contributed by atoms with Crippen LogP contribution in [0.3, 0.4) is 0 Å². The van der Waals surface area contributed by atoms with Crippen molar-refractivity contribution in [1.82, 2.24) is 9.88 Å². The van der Waals surface area contributed by atoms with Gasteiger partial charge in [0.15, 0.2) is 0 Å². The fourth-order valence-corrected chi connectivity index (χ4v) is 5.00. The number of ether oxygens (including phenoxy) is 2. The molecule has 0 bridgehead atoms. The van der Waals surface area contributed by atoms with Crippen LogP contribution in [0.25, 0.3) is 11.5 Å². The highest BCUT2D eigenvalue weighted by Gasteiger charge is 2.40. The molecule has 1 saturated heterocycles. The van der Waals surface area contributed by atoms with Gasteiger partial charge in [-0.3, -0.25) is 4.79 Å². The molecule has 8 nitrogen and oxygen atoms in total.